The third kappa shape index (κ3) is 6.34. The molecule has 0 rings (SSSR count). The molecule has 0 saturated heterocycles. The Morgan fingerprint density at radius 2 is 2.08 bits per heavy atom. The Labute approximate surface area is 79.9 Å². The lowest BCUT2D eigenvalue weighted by Gasteiger charge is -2.21. The van der Waals surface area contributed by atoms with Gasteiger partial charge in [0, 0.05) is 0 Å². The predicted octanol–water partition coefficient (Wildman–Crippen LogP) is 1.62. The molecule has 0 saturated carbocycles. The monoisotopic (exact) mass is 185 g/mol. The SMILES string of the molecule is C/C=C/CC(N)C(=O)OC(C)(C)C. The van der Waals surface area contributed by atoms with E-state index in [0.717, 1.165) is 0 Å². The van der Waals surface area contributed by atoms with Crippen molar-refractivity contribution in [3.05, 3.63) is 12.2 Å². The summed E-state index contributed by atoms with van der Waals surface area (Å²) in [5, 5.41) is 0. The van der Waals surface area contributed by atoms with Crippen LogP contribution in [0.1, 0.15) is 34.1 Å². The van der Waals surface area contributed by atoms with E-state index < -0.39 is 11.6 Å². The first kappa shape index (κ1) is 12.2. The molecule has 1 unspecified atom stereocenters. The molecule has 0 radical (unpaired) electrons. The Balaban J connectivity index is 3.97. The number of carbonyl (C=O) groups excluding carboxylic acids is 1. The maximum atomic E-state index is 11.3. The maximum absolute atomic E-state index is 11.3. The van der Waals surface area contributed by atoms with E-state index >= 15 is 0 Å². The normalized spacial score (nSPS) is 14.5. The first-order valence-electron chi connectivity index (χ1n) is 4.46. The zero-order valence-corrected chi connectivity index (χ0v) is 8.83. The van der Waals surface area contributed by atoms with Crippen LogP contribution in [0.5, 0.6) is 0 Å². The number of carbonyl (C=O) groups is 1. The third-order valence-corrected chi connectivity index (χ3v) is 1.34. The fourth-order valence-corrected chi connectivity index (χ4v) is 0.756. The topological polar surface area (TPSA) is 52.3 Å². The fourth-order valence-electron chi connectivity index (χ4n) is 0.756. The van der Waals surface area contributed by atoms with Gasteiger partial charge in [-0.05, 0) is 34.1 Å². The second-order valence-corrected chi connectivity index (χ2v) is 3.94. The molecule has 0 heterocycles. The summed E-state index contributed by atoms with van der Waals surface area (Å²) in [5.41, 5.74) is 5.13. The van der Waals surface area contributed by atoms with Crippen LogP contribution in [-0.4, -0.2) is 17.6 Å². The van der Waals surface area contributed by atoms with Crippen LogP contribution in [0, 0.1) is 0 Å². The summed E-state index contributed by atoms with van der Waals surface area (Å²) < 4.78 is 5.10. The third-order valence-electron chi connectivity index (χ3n) is 1.34. The lowest BCUT2D eigenvalue weighted by molar-refractivity contribution is -0.156. The van der Waals surface area contributed by atoms with Gasteiger partial charge in [0.25, 0.3) is 0 Å². The summed E-state index contributed by atoms with van der Waals surface area (Å²) >= 11 is 0. The van der Waals surface area contributed by atoms with Crippen molar-refractivity contribution < 1.29 is 9.53 Å². The van der Waals surface area contributed by atoms with Crippen LogP contribution in [0.4, 0.5) is 0 Å². The fraction of sp³-hybridized carbons (Fsp3) is 0.700. The van der Waals surface area contributed by atoms with E-state index in [4.69, 9.17) is 10.5 Å². The van der Waals surface area contributed by atoms with Crippen LogP contribution in [0.25, 0.3) is 0 Å². The molecule has 3 heteroatoms. The van der Waals surface area contributed by atoms with Crippen LogP contribution in [0.3, 0.4) is 0 Å². The van der Waals surface area contributed by atoms with Crippen molar-refractivity contribution in [1.29, 1.82) is 0 Å². The first-order valence-corrected chi connectivity index (χ1v) is 4.46. The van der Waals surface area contributed by atoms with E-state index in [2.05, 4.69) is 0 Å². The number of ether oxygens (including phenoxy) is 1. The van der Waals surface area contributed by atoms with Gasteiger partial charge in [-0.15, -0.1) is 0 Å². The van der Waals surface area contributed by atoms with Gasteiger partial charge in [0.15, 0.2) is 0 Å². The zero-order chi connectivity index (χ0) is 10.5. The average Bonchev–Trinajstić information content (AvgIpc) is 1.96. The molecule has 0 aromatic heterocycles. The second-order valence-electron chi connectivity index (χ2n) is 3.94. The molecule has 0 spiro atoms. The number of rotatable bonds is 3. The Morgan fingerprint density at radius 1 is 1.54 bits per heavy atom. The minimum atomic E-state index is -0.546. The standard InChI is InChI=1S/C10H19NO2/c1-5-6-7-8(11)9(12)13-10(2,3)4/h5-6,8H,7,11H2,1-4H3/b6-5+. The van der Waals surface area contributed by atoms with Crippen molar-refractivity contribution in [3.8, 4) is 0 Å². The van der Waals surface area contributed by atoms with Gasteiger partial charge in [-0.3, -0.25) is 4.79 Å². The molecule has 0 aliphatic rings. The molecule has 0 fully saturated rings. The maximum Gasteiger partial charge on any atom is 0.323 e. The molecule has 0 amide bonds. The van der Waals surface area contributed by atoms with Gasteiger partial charge >= 0.3 is 5.97 Å². The van der Waals surface area contributed by atoms with E-state index in [9.17, 15) is 4.79 Å². The highest BCUT2D eigenvalue weighted by Crippen LogP contribution is 2.08. The van der Waals surface area contributed by atoms with E-state index in [-0.39, 0.29) is 5.97 Å². The molecular weight excluding hydrogens is 166 g/mol. The number of allylic oxidation sites excluding steroid dienone is 1. The van der Waals surface area contributed by atoms with Gasteiger partial charge in [-0.1, -0.05) is 12.2 Å². The van der Waals surface area contributed by atoms with Crippen molar-refractivity contribution in [2.45, 2.75) is 45.8 Å². The summed E-state index contributed by atoms with van der Waals surface area (Å²) in [6.07, 6.45) is 4.25. The summed E-state index contributed by atoms with van der Waals surface area (Å²) in [4.78, 5) is 11.3. The summed E-state index contributed by atoms with van der Waals surface area (Å²) in [7, 11) is 0. The molecule has 13 heavy (non-hydrogen) atoms. The lowest BCUT2D eigenvalue weighted by atomic mass is 10.1. The van der Waals surface area contributed by atoms with E-state index in [1.54, 1.807) is 0 Å². The van der Waals surface area contributed by atoms with Gasteiger partial charge in [-0.2, -0.15) is 0 Å². The molecule has 0 aromatic rings. The molecule has 0 bridgehead atoms. The number of hydrogen-bond acceptors (Lipinski definition) is 3. The summed E-state index contributed by atoms with van der Waals surface area (Å²) in [5.74, 6) is -0.342. The Bertz CT molecular complexity index is 192. The molecule has 0 aliphatic heterocycles. The number of esters is 1. The van der Waals surface area contributed by atoms with Crippen molar-refractivity contribution >= 4 is 5.97 Å². The van der Waals surface area contributed by atoms with Crippen molar-refractivity contribution in [2.24, 2.45) is 5.73 Å². The zero-order valence-electron chi connectivity index (χ0n) is 8.83. The molecular formula is C10H19NO2. The largest absolute Gasteiger partial charge is 0.459 e. The van der Waals surface area contributed by atoms with Crippen molar-refractivity contribution in [2.75, 3.05) is 0 Å². The van der Waals surface area contributed by atoms with Crippen molar-refractivity contribution in [1.82, 2.24) is 0 Å². The molecule has 2 N–H and O–H groups in total. The minimum Gasteiger partial charge on any atom is -0.459 e. The first-order chi connectivity index (χ1) is 5.87. The summed E-state index contributed by atoms with van der Waals surface area (Å²) in [6, 6.07) is -0.546. The smallest absolute Gasteiger partial charge is 0.323 e. The second kappa shape index (κ2) is 5.02. The Hall–Kier alpha value is -0.830. The molecule has 76 valence electrons. The van der Waals surface area contributed by atoms with Gasteiger partial charge in [0.1, 0.15) is 11.6 Å². The summed E-state index contributed by atoms with van der Waals surface area (Å²) in [6.45, 7) is 7.37. The van der Waals surface area contributed by atoms with Crippen LogP contribution in [0.2, 0.25) is 0 Å². The number of hydrogen-bond donors (Lipinski definition) is 1. The minimum absolute atomic E-state index is 0.342. The van der Waals surface area contributed by atoms with Gasteiger partial charge in [-0.25, -0.2) is 0 Å². The highest BCUT2D eigenvalue weighted by atomic mass is 16.6. The van der Waals surface area contributed by atoms with Crippen LogP contribution in [-0.2, 0) is 9.53 Å². The Kier molecular flexibility index (Phi) is 4.70. The van der Waals surface area contributed by atoms with Crippen LogP contribution < -0.4 is 5.73 Å². The van der Waals surface area contributed by atoms with Gasteiger partial charge < -0.3 is 10.5 Å². The highest BCUT2D eigenvalue weighted by molar-refractivity contribution is 5.76. The van der Waals surface area contributed by atoms with E-state index in [0.29, 0.717) is 6.42 Å². The van der Waals surface area contributed by atoms with Gasteiger partial charge in [0.05, 0.1) is 0 Å². The molecule has 3 nitrogen and oxygen atoms in total. The highest BCUT2D eigenvalue weighted by Gasteiger charge is 2.20. The predicted molar refractivity (Wildman–Crippen MR) is 53.3 cm³/mol. The van der Waals surface area contributed by atoms with Crippen molar-refractivity contribution in [3.63, 3.8) is 0 Å². The molecule has 0 aromatic carbocycles. The van der Waals surface area contributed by atoms with E-state index in [1.165, 1.54) is 0 Å². The quantitative estimate of drug-likeness (QED) is 0.537. The lowest BCUT2D eigenvalue weighted by Crippen LogP contribution is -2.36. The molecule has 1 atom stereocenters. The number of nitrogens with two attached hydrogens (primary N) is 1. The van der Waals surface area contributed by atoms with Gasteiger partial charge in [0.2, 0.25) is 0 Å². The average molecular weight is 185 g/mol. The van der Waals surface area contributed by atoms with E-state index in [1.807, 2.05) is 39.8 Å². The van der Waals surface area contributed by atoms with Crippen LogP contribution >= 0.6 is 0 Å². The Morgan fingerprint density at radius 3 is 2.46 bits per heavy atom. The van der Waals surface area contributed by atoms with Crippen LogP contribution in [0.15, 0.2) is 12.2 Å². The molecule has 0 aliphatic carbocycles.